The predicted molar refractivity (Wildman–Crippen MR) is 52.7 cm³/mol. The third-order valence-corrected chi connectivity index (χ3v) is 2.93. The summed E-state index contributed by atoms with van der Waals surface area (Å²) in [4.78, 5) is 11.6. The molecular formula is C11H20O2. The quantitative estimate of drug-likeness (QED) is 0.671. The van der Waals surface area contributed by atoms with Gasteiger partial charge in [0, 0.05) is 19.4 Å². The number of carbonyl (C=O) groups is 1. The van der Waals surface area contributed by atoms with Crippen LogP contribution in [0.3, 0.4) is 0 Å². The fourth-order valence-corrected chi connectivity index (χ4v) is 2.17. The van der Waals surface area contributed by atoms with Gasteiger partial charge in [0.15, 0.2) is 0 Å². The summed E-state index contributed by atoms with van der Waals surface area (Å²) >= 11 is 0. The highest BCUT2D eigenvalue weighted by atomic mass is 16.5. The van der Waals surface area contributed by atoms with Crippen molar-refractivity contribution < 1.29 is 9.53 Å². The molecule has 0 saturated heterocycles. The zero-order chi connectivity index (χ0) is 9.68. The molecule has 0 bridgehead atoms. The van der Waals surface area contributed by atoms with Crippen LogP contribution >= 0.6 is 0 Å². The molecule has 0 aromatic heterocycles. The highest BCUT2D eigenvalue weighted by Crippen LogP contribution is 2.26. The van der Waals surface area contributed by atoms with E-state index in [-0.39, 0.29) is 12.0 Å². The standard InChI is InChI=1S/C11H20O2/c1-3-6-11(13-2)9-7-4-5-8-10(9)12/h9,11H,3-8H2,1-2H3. The van der Waals surface area contributed by atoms with Crippen molar-refractivity contribution in [2.24, 2.45) is 5.92 Å². The molecular weight excluding hydrogens is 164 g/mol. The molecule has 2 unspecified atom stereocenters. The number of Topliss-reactive ketones (excluding diaryl/α,β-unsaturated/α-hetero) is 1. The Balaban J connectivity index is 2.49. The zero-order valence-corrected chi connectivity index (χ0v) is 8.71. The molecule has 1 aliphatic carbocycles. The van der Waals surface area contributed by atoms with Gasteiger partial charge >= 0.3 is 0 Å². The van der Waals surface area contributed by atoms with Crippen LogP contribution in [0, 0.1) is 5.92 Å². The largest absolute Gasteiger partial charge is 0.381 e. The van der Waals surface area contributed by atoms with Crippen LogP contribution in [0.25, 0.3) is 0 Å². The normalized spacial score (nSPS) is 26.0. The smallest absolute Gasteiger partial charge is 0.138 e. The Morgan fingerprint density at radius 2 is 2.31 bits per heavy atom. The molecule has 0 amide bonds. The van der Waals surface area contributed by atoms with E-state index in [2.05, 4.69) is 6.92 Å². The molecule has 1 aliphatic rings. The van der Waals surface area contributed by atoms with E-state index in [1.165, 1.54) is 6.42 Å². The molecule has 0 aliphatic heterocycles. The van der Waals surface area contributed by atoms with Crippen LogP contribution in [0.2, 0.25) is 0 Å². The first-order chi connectivity index (χ1) is 6.29. The van der Waals surface area contributed by atoms with Gasteiger partial charge in [0.05, 0.1) is 6.10 Å². The minimum atomic E-state index is 0.179. The van der Waals surface area contributed by atoms with Crippen molar-refractivity contribution >= 4 is 5.78 Å². The molecule has 0 aromatic rings. The lowest BCUT2D eigenvalue weighted by Crippen LogP contribution is -2.32. The molecule has 1 rings (SSSR count). The van der Waals surface area contributed by atoms with Crippen molar-refractivity contribution in [2.45, 2.75) is 51.6 Å². The van der Waals surface area contributed by atoms with Gasteiger partial charge < -0.3 is 4.74 Å². The molecule has 1 saturated carbocycles. The Morgan fingerprint density at radius 3 is 2.85 bits per heavy atom. The van der Waals surface area contributed by atoms with Crippen molar-refractivity contribution in [3.05, 3.63) is 0 Å². The van der Waals surface area contributed by atoms with Gasteiger partial charge in [0.1, 0.15) is 5.78 Å². The van der Waals surface area contributed by atoms with Crippen molar-refractivity contribution in [3.63, 3.8) is 0 Å². The maximum Gasteiger partial charge on any atom is 0.138 e. The van der Waals surface area contributed by atoms with Gasteiger partial charge in [-0.25, -0.2) is 0 Å². The number of methoxy groups -OCH3 is 1. The van der Waals surface area contributed by atoms with Crippen LogP contribution in [0.15, 0.2) is 0 Å². The fourth-order valence-electron chi connectivity index (χ4n) is 2.17. The molecule has 2 heteroatoms. The van der Waals surface area contributed by atoms with E-state index in [1.54, 1.807) is 7.11 Å². The van der Waals surface area contributed by atoms with Crippen molar-refractivity contribution in [1.82, 2.24) is 0 Å². The van der Waals surface area contributed by atoms with E-state index in [1.807, 2.05) is 0 Å². The molecule has 2 atom stereocenters. The lowest BCUT2D eigenvalue weighted by atomic mass is 9.82. The molecule has 0 N–H and O–H groups in total. The molecule has 0 heterocycles. The average Bonchev–Trinajstić information content (AvgIpc) is 2.16. The molecule has 13 heavy (non-hydrogen) atoms. The first-order valence-electron chi connectivity index (χ1n) is 5.35. The van der Waals surface area contributed by atoms with Gasteiger partial charge in [0.2, 0.25) is 0 Å². The van der Waals surface area contributed by atoms with Gasteiger partial charge in [-0.05, 0) is 19.3 Å². The van der Waals surface area contributed by atoms with Crippen LogP contribution in [0.5, 0.6) is 0 Å². The second kappa shape index (κ2) is 5.38. The van der Waals surface area contributed by atoms with E-state index in [9.17, 15) is 4.79 Å². The third kappa shape index (κ3) is 2.80. The lowest BCUT2D eigenvalue weighted by Gasteiger charge is -2.27. The Morgan fingerprint density at radius 1 is 1.54 bits per heavy atom. The summed E-state index contributed by atoms with van der Waals surface area (Å²) in [7, 11) is 1.72. The third-order valence-electron chi connectivity index (χ3n) is 2.93. The monoisotopic (exact) mass is 184 g/mol. The number of hydrogen-bond acceptors (Lipinski definition) is 2. The zero-order valence-electron chi connectivity index (χ0n) is 8.71. The van der Waals surface area contributed by atoms with Gasteiger partial charge in [-0.15, -0.1) is 0 Å². The summed E-state index contributed by atoms with van der Waals surface area (Å²) in [5, 5.41) is 0. The SMILES string of the molecule is CCCC(OC)C1CCCCC1=O. The van der Waals surface area contributed by atoms with Gasteiger partial charge in [-0.1, -0.05) is 19.8 Å². The Kier molecular flexibility index (Phi) is 4.43. The molecule has 2 nitrogen and oxygen atoms in total. The Labute approximate surface area is 80.7 Å². The van der Waals surface area contributed by atoms with E-state index in [0.717, 1.165) is 32.1 Å². The number of carbonyl (C=O) groups excluding carboxylic acids is 1. The van der Waals surface area contributed by atoms with Gasteiger partial charge in [-0.2, -0.15) is 0 Å². The first-order valence-corrected chi connectivity index (χ1v) is 5.35. The van der Waals surface area contributed by atoms with Crippen LogP contribution < -0.4 is 0 Å². The second-order valence-electron chi connectivity index (χ2n) is 3.88. The maximum absolute atomic E-state index is 11.6. The topological polar surface area (TPSA) is 26.3 Å². The van der Waals surface area contributed by atoms with Crippen LogP contribution in [-0.4, -0.2) is 19.0 Å². The Hall–Kier alpha value is -0.370. The van der Waals surface area contributed by atoms with Crippen molar-refractivity contribution in [3.8, 4) is 0 Å². The average molecular weight is 184 g/mol. The highest BCUT2D eigenvalue weighted by molar-refractivity contribution is 5.82. The minimum Gasteiger partial charge on any atom is -0.381 e. The summed E-state index contributed by atoms with van der Waals surface area (Å²) in [5.41, 5.74) is 0. The minimum absolute atomic E-state index is 0.179. The fraction of sp³-hybridized carbons (Fsp3) is 0.909. The van der Waals surface area contributed by atoms with E-state index >= 15 is 0 Å². The van der Waals surface area contributed by atoms with Crippen LogP contribution in [0.1, 0.15) is 45.4 Å². The van der Waals surface area contributed by atoms with Gasteiger partial charge in [-0.3, -0.25) is 4.79 Å². The van der Waals surface area contributed by atoms with E-state index in [4.69, 9.17) is 4.74 Å². The molecule has 1 fully saturated rings. The number of ether oxygens (including phenoxy) is 1. The summed E-state index contributed by atoms with van der Waals surface area (Å²) in [6.07, 6.45) is 6.39. The number of hydrogen-bond donors (Lipinski definition) is 0. The maximum atomic E-state index is 11.6. The number of ketones is 1. The van der Waals surface area contributed by atoms with E-state index in [0.29, 0.717) is 5.78 Å². The van der Waals surface area contributed by atoms with Crippen LogP contribution in [-0.2, 0) is 9.53 Å². The molecule has 76 valence electrons. The summed E-state index contributed by atoms with van der Waals surface area (Å²) in [6.45, 7) is 2.14. The second-order valence-corrected chi connectivity index (χ2v) is 3.88. The lowest BCUT2D eigenvalue weighted by molar-refractivity contribution is -0.129. The van der Waals surface area contributed by atoms with Gasteiger partial charge in [0.25, 0.3) is 0 Å². The predicted octanol–water partition coefficient (Wildman–Crippen LogP) is 2.56. The molecule has 0 radical (unpaired) electrons. The van der Waals surface area contributed by atoms with Crippen molar-refractivity contribution in [1.29, 1.82) is 0 Å². The summed E-state index contributed by atoms with van der Waals surface area (Å²) < 4.78 is 5.38. The summed E-state index contributed by atoms with van der Waals surface area (Å²) in [5.74, 6) is 0.616. The Bertz CT molecular complexity index is 165. The van der Waals surface area contributed by atoms with Crippen LogP contribution in [0.4, 0.5) is 0 Å². The first kappa shape index (κ1) is 10.7. The highest BCUT2D eigenvalue weighted by Gasteiger charge is 2.29. The van der Waals surface area contributed by atoms with E-state index < -0.39 is 0 Å². The van der Waals surface area contributed by atoms with Crippen molar-refractivity contribution in [2.75, 3.05) is 7.11 Å². The molecule has 0 aromatic carbocycles. The number of rotatable bonds is 4. The summed E-state index contributed by atoms with van der Waals surface area (Å²) in [6, 6.07) is 0. The molecule has 0 spiro atoms.